The Kier molecular flexibility index (Phi) is 7.36. The van der Waals surface area contributed by atoms with Gasteiger partial charge in [-0.2, -0.15) is 0 Å². The molecule has 3 atom stereocenters. The quantitative estimate of drug-likeness (QED) is 0.635. The van der Waals surface area contributed by atoms with Crippen LogP contribution in [0.25, 0.3) is 0 Å². The Morgan fingerprint density at radius 2 is 1.91 bits per heavy atom. The third-order valence-corrected chi connectivity index (χ3v) is 8.08. The van der Waals surface area contributed by atoms with Crippen LogP contribution >= 0.6 is 11.8 Å². The van der Waals surface area contributed by atoms with E-state index in [9.17, 15) is 15.0 Å². The molecule has 0 aromatic heterocycles. The molecule has 0 saturated carbocycles. The Bertz CT molecular complexity index is 951. The molecule has 2 N–H and O–H groups in total. The summed E-state index contributed by atoms with van der Waals surface area (Å²) in [5.74, 6) is 0.192. The van der Waals surface area contributed by atoms with Gasteiger partial charge in [0.1, 0.15) is 28.5 Å². The van der Waals surface area contributed by atoms with Crippen molar-refractivity contribution in [3.63, 3.8) is 0 Å². The molecule has 8 heteroatoms. The van der Waals surface area contributed by atoms with Gasteiger partial charge in [-0.3, -0.25) is 9.69 Å². The summed E-state index contributed by atoms with van der Waals surface area (Å²) in [5.41, 5.74) is 1.24. The van der Waals surface area contributed by atoms with E-state index in [1.54, 1.807) is 32.2 Å². The van der Waals surface area contributed by atoms with Gasteiger partial charge >= 0.3 is 5.97 Å². The van der Waals surface area contributed by atoms with Crippen molar-refractivity contribution in [1.29, 1.82) is 0 Å². The Morgan fingerprint density at radius 3 is 2.58 bits per heavy atom. The van der Waals surface area contributed by atoms with Crippen molar-refractivity contribution >= 4 is 23.4 Å². The summed E-state index contributed by atoms with van der Waals surface area (Å²) >= 11 is 1.18. The first-order valence-corrected chi connectivity index (χ1v) is 12.2. The Labute approximate surface area is 199 Å². The fourth-order valence-corrected chi connectivity index (χ4v) is 6.03. The highest BCUT2D eigenvalue weighted by Gasteiger charge is 2.51. The predicted molar refractivity (Wildman–Crippen MR) is 130 cm³/mol. The minimum atomic E-state index is -1.39. The second-order valence-corrected chi connectivity index (χ2v) is 10.0. The molecule has 33 heavy (non-hydrogen) atoms. The van der Waals surface area contributed by atoms with Crippen LogP contribution < -0.4 is 14.4 Å². The number of carbonyl (C=O) groups is 1. The van der Waals surface area contributed by atoms with Crippen LogP contribution in [0, 0.1) is 0 Å². The summed E-state index contributed by atoms with van der Waals surface area (Å²) < 4.78 is 9.85. The monoisotopic (exact) mass is 472 g/mol. The number of aliphatic hydroxyl groups is 1. The molecule has 2 aromatic rings. The molecule has 178 valence electrons. The molecule has 7 nitrogen and oxygen atoms in total. The lowest BCUT2D eigenvalue weighted by Gasteiger charge is -2.37. The molecular formula is C25H32N2O5S. The molecule has 0 amide bonds. The molecule has 4 rings (SSSR count). The number of hydrogen-bond acceptors (Lipinski definition) is 7. The molecule has 2 aliphatic heterocycles. The molecule has 2 aromatic carbocycles. The molecule has 2 heterocycles. The van der Waals surface area contributed by atoms with Crippen LogP contribution in [0.4, 0.5) is 5.69 Å². The van der Waals surface area contributed by atoms with Gasteiger partial charge in [-0.05, 0) is 56.6 Å². The summed E-state index contributed by atoms with van der Waals surface area (Å²) in [5, 5.41) is 21.3. The smallest absolute Gasteiger partial charge is 0.322 e. The molecule has 0 aliphatic carbocycles. The van der Waals surface area contributed by atoms with E-state index in [1.807, 2.05) is 6.07 Å². The number of aliphatic hydroxyl groups excluding tert-OH is 1. The van der Waals surface area contributed by atoms with Crippen LogP contribution in [0.2, 0.25) is 0 Å². The van der Waals surface area contributed by atoms with Crippen LogP contribution in [-0.2, 0) is 4.79 Å². The van der Waals surface area contributed by atoms with Gasteiger partial charge in [0.15, 0.2) is 0 Å². The fourth-order valence-electron chi connectivity index (χ4n) is 4.60. The van der Waals surface area contributed by atoms with E-state index in [-0.39, 0.29) is 0 Å². The number of para-hydroxylation sites is 1. The lowest BCUT2D eigenvalue weighted by molar-refractivity contribution is -0.145. The maximum atomic E-state index is 12.5. The average Bonchev–Trinajstić information content (AvgIpc) is 2.94. The Hall–Kier alpha value is -2.42. The molecule has 1 saturated heterocycles. The van der Waals surface area contributed by atoms with Crippen LogP contribution in [0.1, 0.15) is 19.8 Å². The molecule has 2 aliphatic rings. The van der Waals surface area contributed by atoms with Crippen LogP contribution in [0.5, 0.6) is 11.5 Å². The number of carboxylic acids is 1. The summed E-state index contributed by atoms with van der Waals surface area (Å²) in [6, 6.07) is 15.7. The highest BCUT2D eigenvalue weighted by atomic mass is 32.2. The fraction of sp³-hybridized carbons (Fsp3) is 0.480. The summed E-state index contributed by atoms with van der Waals surface area (Å²) in [4.78, 5) is 18.0. The van der Waals surface area contributed by atoms with Gasteiger partial charge in [-0.15, -0.1) is 11.8 Å². The lowest BCUT2D eigenvalue weighted by atomic mass is 9.92. The number of methoxy groups -OCH3 is 1. The zero-order valence-electron chi connectivity index (χ0n) is 19.1. The Morgan fingerprint density at radius 1 is 1.18 bits per heavy atom. The van der Waals surface area contributed by atoms with Gasteiger partial charge in [-0.1, -0.05) is 18.2 Å². The highest BCUT2D eigenvalue weighted by molar-refractivity contribution is 8.01. The summed E-state index contributed by atoms with van der Waals surface area (Å²) in [6.07, 6.45) is -0.767. The lowest BCUT2D eigenvalue weighted by Crippen LogP contribution is -2.52. The summed E-state index contributed by atoms with van der Waals surface area (Å²) in [6.45, 7) is 6.29. The third kappa shape index (κ3) is 5.08. The first kappa shape index (κ1) is 23.7. The molecule has 1 fully saturated rings. The van der Waals surface area contributed by atoms with Crippen LogP contribution in [0.15, 0.2) is 53.4 Å². The zero-order chi connectivity index (χ0) is 23.4. The van der Waals surface area contributed by atoms with Gasteiger partial charge in [-0.25, -0.2) is 0 Å². The number of anilines is 1. The van der Waals surface area contributed by atoms with Crippen LogP contribution in [-0.4, -0.2) is 77.9 Å². The molecule has 0 spiro atoms. The number of hydrogen-bond donors (Lipinski definition) is 2. The molecular weight excluding hydrogens is 440 g/mol. The number of carboxylic acid groups (broad SMARTS) is 1. The number of nitrogens with zero attached hydrogens (tertiary/aromatic N) is 2. The van der Waals surface area contributed by atoms with E-state index in [1.165, 1.54) is 17.4 Å². The SMILES string of the molecule is COc1ccc2c(c1)SC(CCCN1CCN(c3ccccc3)CC1)(C(=O)O)[C@H](O)[C@H](C)O2. The van der Waals surface area contributed by atoms with Gasteiger partial charge in [0.05, 0.1) is 12.0 Å². The zero-order valence-corrected chi connectivity index (χ0v) is 20.0. The van der Waals surface area contributed by atoms with Gasteiger partial charge in [0, 0.05) is 31.9 Å². The third-order valence-electron chi connectivity index (χ3n) is 6.56. The number of aliphatic carboxylic acids is 1. The number of rotatable bonds is 7. The minimum absolute atomic E-state index is 0.345. The van der Waals surface area contributed by atoms with Crippen molar-refractivity contribution in [3.05, 3.63) is 48.5 Å². The van der Waals surface area contributed by atoms with Gasteiger partial charge in [0.25, 0.3) is 0 Å². The van der Waals surface area contributed by atoms with E-state index >= 15 is 0 Å². The van der Waals surface area contributed by atoms with Gasteiger partial charge in [0.2, 0.25) is 0 Å². The van der Waals surface area contributed by atoms with E-state index in [0.29, 0.717) is 29.2 Å². The van der Waals surface area contributed by atoms with Crippen molar-refractivity contribution in [2.75, 3.05) is 44.7 Å². The molecule has 0 radical (unpaired) electrons. The maximum absolute atomic E-state index is 12.5. The standard InChI is InChI=1S/C25H32N2O5S/c1-18-23(28)25(24(29)30,33-22-17-20(31-2)9-10-21(22)32-18)11-6-12-26-13-15-27(16-14-26)19-7-4-3-5-8-19/h3-5,7-10,17-18,23,28H,6,11-16H2,1-2H3,(H,29,30)/t18-,23+,25?/m0/s1. The minimum Gasteiger partial charge on any atom is -0.497 e. The van der Waals surface area contributed by atoms with Crippen molar-refractivity contribution in [1.82, 2.24) is 4.90 Å². The van der Waals surface area contributed by atoms with E-state index < -0.39 is 22.9 Å². The first-order valence-electron chi connectivity index (χ1n) is 11.4. The largest absolute Gasteiger partial charge is 0.497 e. The van der Waals surface area contributed by atoms with Crippen molar-refractivity contribution in [3.8, 4) is 11.5 Å². The second kappa shape index (κ2) is 10.2. The predicted octanol–water partition coefficient (Wildman–Crippen LogP) is 3.35. The normalized spacial score (nSPS) is 25.6. The summed E-state index contributed by atoms with van der Waals surface area (Å²) in [7, 11) is 1.57. The molecule has 1 unspecified atom stereocenters. The topological polar surface area (TPSA) is 82.5 Å². The van der Waals surface area contributed by atoms with Gasteiger partial charge < -0.3 is 24.6 Å². The number of benzene rings is 2. The van der Waals surface area contributed by atoms with Crippen LogP contribution in [0.3, 0.4) is 0 Å². The van der Waals surface area contributed by atoms with Crippen molar-refractivity contribution < 1.29 is 24.5 Å². The maximum Gasteiger partial charge on any atom is 0.322 e. The van der Waals surface area contributed by atoms with Crippen molar-refractivity contribution in [2.24, 2.45) is 0 Å². The second-order valence-electron chi connectivity index (χ2n) is 8.64. The first-order chi connectivity index (χ1) is 15.9. The number of thioether (sulfide) groups is 1. The van der Waals surface area contributed by atoms with Crippen molar-refractivity contribution in [2.45, 2.75) is 41.6 Å². The highest BCUT2D eigenvalue weighted by Crippen LogP contribution is 2.48. The van der Waals surface area contributed by atoms with E-state index in [2.05, 4.69) is 34.1 Å². The number of piperazine rings is 1. The van der Waals surface area contributed by atoms with E-state index in [4.69, 9.17) is 9.47 Å². The number of fused-ring (bicyclic) bond motifs is 1. The Balaban J connectivity index is 1.42. The van der Waals surface area contributed by atoms with E-state index in [0.717, 1.165) is 32.7 Å². The molecule has 0 bridgehead atoms. The number of ether oxygens (including phenoxy) is 2. The average molecular weight is 473 g/mol.